The Morgan fingerprint density at radius 2 is 2.38 bits per heavy atom. The minimum Gasteiger partial charge on any atom is -0.495 e. The Bertz CT molecular complexity index is 499. The van der Waals surface area contributed by atoms with Gasteiger partial charge in [-0.2, -0.15) is 0 Å². The van der Waals surface area contributed by atoms with Gasteiger partial charge in [-0.05, 0) is 37.6 Å². The van der Waals surface area contributed by atoms with E-state index < -0.39 is 0 Å². The Balaban J connectivity index is 1.94. The highest BCUT2D eigenvalue weighted by Gasteiger charge is 2.21. The summed E-state index contributed by atoms with van der Waals surface area (Å²) < 4.78 is 17.9. The van der Waals surface area contributed by atoms with Crippen molar-refractivity contribution in [1.82, 2.24) is 4.90 Å². The number of carbonyl (C=O) groups excluding carboxylic acids is 1. The van der Waals surface area contributed by atoms with Crippen LogP contribution in [0.3, 0.4) is 0 Å². The van der Waals surface area contributed by atoms with Crippen LogP contribution in [-0.2, 0) is 4.79 Å². The number of nitrogens with one attached hydrogen (secondary N) is 1. The molecule has 0 aliphatic carbocycles. The Hall–Kier alpha value is -1.33. The molecule has 1 heterocycles. The smallest absolute Gasteiger partial charge is 0.238 e. The zero-order valence-corrected chi connectivity index (χ0v) is 12.8. The molecule has 116 valence electrons. The fourth-order valence-corrected chi connectivity index (χ4v) is 2.76. The minimum atomic E-state index is -0.319. The van der Waals surface area contributed by atoms with Gasteiger partial charge in [0.1, 0.15) is 5.75 Å². The number of methoxy groups -OCH3 is 1. The quantitative estimate of drug-likeness (QED) is 0.908. The van der Waals surface area contributed by atoms with E-state index in [0.29, 0.717) is 23.0 Å². The van der Waals surface area contributed by atoms with Gasteiger partial charge in [0.25, 0.3) is 0 Å². The largest absolute Gasteiger partial charge is 0.495 e. The van der Waals surface area contributed by atoms with Crippen molar-refractivity contribution in [3.05, 3.63) is 23.2 Å². The number of anilines is 1. The van der Waals surface area contributed by atoms with E-state index in [9.17, 15) is 9.18 Å². The number of benzene rings is 1. The summed E-state index contributed by atoms with van der Waals surface area (Å²) in [4.78, 5) is 14.1. The van der Waals surface area contributed by atoms with Crippen LogP contribution in [0, 0.1) is 5.92 Å². The third-order valence-electron chi connectivity index (χ3n) is 3.62. The molecule has 0 radical (unpaired) electrons. The van der Waals surface area contributed by atoms with Crippen LogP contribution in [0.2, 0.25) is 5.02 Å². The summed E-state index contributed by atoms with van der Waals surface area (Å²) in [5.74, 6) is 0.468. The molecule has 0 saturated carbocycles. The van der Waals surface area contributed by atoms with Crippen molar-refractivity contribution in [2.45, 2.75) is 12.8 Å². The van der Waals surface area contributed by atoms with Gasteiger partial charge in [-0.3, -0.25) is 14.1 Å². The lowest BCUT2D eigenvalue weighted by atomic mass is 9.99. The maximum absolute atomic E-state index is 12.7. The van der Waals surface area contributed by atoms with E-state index in [0.717, 1.165) is 19.4 Å². The second-order valence-electron chi connectivity index (χ2n) is 5.29. The zero-order valence-electron chi connectivity index (χ0n) is 12.1. The summed E-state index contributed by atoms with van der Waals surface area (Å²) >= 11 is 5.93. The van der Waals surface area contributed by atoms with Crippen molar-refractivity contribution in [2.75, 3.05) is 38.7 Å². The number of ether oxygens (including phenoxy) is 1. The highest BCUT2D eigenvalue weighted by Crippen LogP contribution is 2.27. The number of piperidine rings is 1. The fraction of sp³-hybridized carbons (Fsp3) is 0.533. The number of hydrogen-bond donors (Lipinski definition) is 1. The predicted molar refractivity (Wildman–Crippen MR) is 81.8 cm³/mol. The SMILES string of the molecule is COc1ccc(Cl)cc1NC(=O)CN1CCCC(CF)C1. The number of nitrogens with zero attached hydrogens (tertiary/aromatic N) is 1. The molecule has 21 heavy (non-hydrogen) atoms. The number of hydrogen-bond acceptors (Lipinski definition) is 3. The molecule has 1 aliphatic heterocycles. The first-order chi connectivity index (χ1) is 10.1. The van der Waals surface area contributed by atoms with Crippen molar-refractivity contribution < 1.29 is 13.9 Å². The first-order valence-corrected chi connectivity index (χ1v) is 7.42. The highest BCUT2D eigenvalue weighted by molar-refractivity contribution is 6.31. The van der Waals surface area contributed by atoms with Gasteiger partial charge in [0, 0.05) is 17.5 Å². The molecule has 6 heteroatoms. The van der Waals surface area contributed by atoms with Crippen LogP contribution in [0.25, 0.3) is 0 Å². The van der Waals surface area contributed by atoms with Crippen molar-refractivity contribution in [2.24, 2.45) is 5.92 Å². The number of amides is 1. The second-order valence-corrected chi connectivity index (χ2v) is 5.73. The van der Waals surface area contributed by atoms with E-state index in [1.165, 1.54) is 7.11 Å². The van der Waals surface area contributed by atoms with Crippen molar-refractivity contribution in [3.63, 3.8) is 0 Å². The number of halogens is 2. The first-order valence-electron chi connectivity index (χ1n) is 7.04. The fourth-order valence-electron chi connectivity index (χ4n) is 2.59. The molecule has 1 amide bonds. The molecule has 0 aromatic heterocycles. The van der Waals surface area contributed by atoms with Gasteiger partial charge in [-0.25, -0.2) is 0 Å². The van der Waals surface area contributed by atoms with E-state index in [-0.39, 0.29) is 25.0 Å². The summed E-state index contributed by atoms with van der Waals surface area (Å²) in [6.45, 7) is 1.40. The molecule has 1 saturated heterocycles. The monoisotopic (exact) mass is 314 g/mol. The molecule has 1 N–H and O–H groups in total. The van der Waals surface area contributed by atoms with E-state index in [2.05, 4.69) is 5.32 Å². The number of likely N-dealkylation sites (tertiary alicyclic amines) is 1. The average Bonchev–Trinajstić information content (AvgIpc) is 2.47. The van der Waals surface area contributed by atoms with Gasteiger partial charge in [0.15, 0.2) is 0 Å². The van der Waals surface area contributed by atoms with E-state index in [1.807, 2.05) is 4.90 Å². The lowest BCUT2D eigenvalue weighted by Crippen LogP contribution is -2.41. The molecule has 1 aromatic rings. The number of rotatable bonds is 5. The lowest BCUT2D eigenvalue weighted by molar-refractivity contribution is -0.117. The molecule has 2 rings (SSSR count). The highest BCUT2D eigenvalue weighted by atomic mass is 35.5. The molecule has 1 atom stereocenters. The zero-order chi connectivity index (χ0) is 15.2. The lowest BCUT2D eigenvalue weighted by Gasteiger charge is -2.30. The molecule has 0 bridgehead atoms. The summed E-state index contributed by atoms with van der Waals surface area (Å²) in [5.41, 5.74) is 0.550. The summed E-state index contributed by atoms with van der Waals surface area (Å²) in [5, 5.41) is 3.33. The molecular formula is C15H20ClFN2O2. The van der Waals surface area contributed by atoms with Crippen molar-refractivity contribution >= 4 is 23.2 Å². The maximum Gasteiger partial charge on any atom is 0.238 e. The van der Waals surface area contributed by atoms with Gasteiger partial charge in [-0.15, -0.1) is 0 Å². The van der Waals surface area contributed by atoms with E-state index in [4.69, 9.17) is 16.3 Å². The molecule has 1 aliphatic rings. The van der Waals surface area contributed by atoms with Crippen LogP contribution >= 0.6 is 11.6 Å². The average molecular weight is 315 g/mol. The molecule has 0 spiro atoms. The van der Waals surface area contributed by atoms with Gasteiger partial charge < -0.3 is 10.1 Å². The minimum absolute atomic E-state index is 0.0484. The molecule has 1 fully saturated rings. The van der Waals surface area contributed by atoms with Crippen LogP contribution in [0.5, 0.6) is 5.75 Å². The van der Waals surface area contributed by atoms with Gasteiger partial charge in [0.2, 0.25) is 5.91 Å². The Morgan fingerprint density at radius 3 is 3.10 bits per heavy atom. The van der Waals surface area contributed by atoms with Crippen LogP contribution in [0.4, 0.5) is 10.1 Å². The predicted octanol–water partition coefficient (Wildman–Crippen LogP) is 2.97. The number of carbonyl (C=O) groups is 1. The molecular weight excluding hydrogens is 295 g/mol. The third kappa shape index (κ3) is 4.58. The van der Waals surface area contributed by atoms with Gasteiger partial charge >= 0.3 is 0 Å². The van der Waals surface area contributed by atoms with Crippen molar-refractivity contribution in [1.29, 1.82) is 0 Å². The Labute approximate surface area is 129 Å². The standard InChI is InChI=1S/C15H20ClFN2O2/c1-21-14-5-4-12(16)7-13(14)18-15(20)10-19-6-2-3-11(8-17)9-19/h4-5,7,11H,2-3,6,8-10H2,1H3,(H,18,20). The Kier molecular flexibility index (Phi) is 5.82. The van der Waals surface area contributed by atoms with Crippen molar-refractivity contribution in [3.8, 4) is 5.75 Å². The second kappa shape index (κ2) is 7.61. The van der Waals surface area contributed by atoms with E-state index >= 15 is 0 Å². The first kappa shape index (κ1) is 16.0. The normalized spacial score (nSPS) is 19.3. The van der Waals surface area contributed by atoms with Crippen LogP contribution in [0.1, 0.15) is 12.8 Å². The Morgan fingerprint density at radius 1 is 1.57 bits per heavy atom. The molecule has 4 nitrogen and oxygen atoms in total. The molecule has 1 unspecified atom stereocenters. The topological polar surface area (TPSA) is 41.6 Å². The maximum atomic E-state index is 12.7. The summed E-state index contributed by atoms with van der Waals surface area (Å²) in [7, 11) is 1.54. The number of alkyl halides is 1. The van der Waals surface area contributed by atoms with Gasteiger partial charge in [0.05, 0.1) is 26.0 Å². The van der Waals surface area contributed by atoms with Crippen LogP contribution in [0.15, 0.2) is 18.2 Å². The summed E-state index contributed by atoms with van der Waals surface area (Å²) in [6.07, 6.45) is 1.83. The van der Waals surface area contributed by atoms with Crippen LogP contribution < -0.4 is 10.1 Å². The van der Waals surface area contributed by atoms with E-state index in [1.54, 1.807) is 18.2 Å². The van der Waals surface area contributed by atoms with Crippen LogP contribution in [-0.4, -0.2) is 44.2 Å². The van der Waals surface area contributed by atoms with Gasteiger partial charge in [-0.1, -0.05) is 11.6 Å². The third-order valence-corrected chi connectivity index (χ3v) is 3.86. The molecule has 1 aromatic carbocycles. The summed E-state index contributed by atoms with van der Waals surface area (Å²) in [6, 6.07) is 5.06.